The molecule has 0 amide bonds. The van der Waals surface area contributed by atoms with Gasteiger partial charge in [0.1, 0.15) is 5.39 Å². The average Bonchev–Trinajstić information content (AvgIpc) is 3.32. The molecule has 2 aromatic carbocycles. The molecule has 0 bridgehead atoms. The van der Waals surface area contributed by atoms with Crippen LogP contribution in [-0.2, 0) is 20.0 Å². The van der Waals surface area contributed by atoms with E-state index in [-0.39, 0.29) is 16.4 Å². The van der Waals surface area contributed by atoms with Crippen LogP contribution in [0.2, 0.25) is 0 Å². The van der Waals surface area contributed by atoms with E-state index in [9.17, 15) is 9.59 Å². The SMILES string of the molecule is Cn1c2ccccc2c(=O)c2c(=O)n(CCc3ccccc3)c(-c3ccco3)nc21. The van der Waals surface area contributed by atoms with Crippen molar-refractivity contribution in [1.82, 2.24) is 14.1 Å². The third-order valence-electron chi connectivity index (χ3n) is 5.41. The van der Waals surface area contributed by atoms with E-state index in [1.807, 2.05) is 49.5 Å². The summed E-state index contributed by atoms with van der Waals surface area (Å²) in [6.07, 6.45) is 2.18. The van der Waals surface area contributed by atoms with Crippen LogP contribution in [0, 0.1) is 0 Å². The number of benzene rings is 2. The van der Waals surface area contributed by atoms with Gasteiger partial charge in [0.2, 0.25) is 5.43 Å². The molecule has 0 unspecified atom stereocenters. The lowest BCUT2D eigenvalue weighted by atomic mass is 10.1. The van der Waals surface area contributed by atoms with Gasteiger partial charge in [0, 0.05) is 19.0 Å². The van der Waals surface area contributed by atoms with Crippen LogP contribution in [0.4, 0.5) is 0 Å². The molecule has 5 rings (SSSR count). The first-order valence-corrected chi connectivity index (χ1v) is 9.75. The number of hydrogen-bond donors (Lipinski definition) is 0. The summed E-state index contributed by atoms with van der Waals surface area (Å²) in [4.78, 5) is 31.5. The third kappa shape index (κ3) is 2.85. The highest BCUT2D eigenvalue weighted by Gasteiger charge is 2.20. The summed E-state index contributed by atoms with van der Waals surface area (Å²) >= 11 is 0. The van der Waals surface area contributed by atoms with E-state index in [0.717, 1.165) is 11.1 Å². The molecule has 148 valence electrons. The highest BCUT2D eigenvalue weighted by atomic mass is 16.3. The molecule has 0 aliphatic carbocycles. The minimum atomic E-state index is -0.353. The van der Waals surface area contributed by atoms with Gasteiger partial charge in [0.15, 0.2) is 17.2 Å². The molecule has 5 aromatic rings. The minimum absolute atomic E-state index is 0.0968. The molecular weight excluding hydrogens is 378 g/mol. The van der Waals surface area contributed by atoms with Gasteiger partial charge in [-0.15, -0.1) is 0 Å². The zero-order chi connectivity index (χ0) is 20.7. The summed E-state index contributed by atoms with van der Waals surface area (Å²) in [7, 11) is 1.82. The Kier molecular flexibility index (Phi) is 4.32. The Morgan fingerprint density at radius 1 is 0.933 bits per heavy atom. The smallest absolute Gasteiger partial charge is 0.267 e. The summed E-state index contributed by atoms with van der Waals surface area (Å²) in [5.74, 6) is 0.904. The number of furan rings is 1. The zero-order valence-electron chi connectivity index (χ0n) is 16.4. The Bertz CT molecular complexity index is 1480. The Labute approximate surface area is 171 Å². The van der Waals surface area contributed by atoms with Crippen LogP contribution in [0.3, 0.4) is 0 Å². The van der Waals surface area contributed by atoms with Crippen molar-refractivity contribution in [2.75, 3.05) is 0 Å². The highest BCUT2D eigenvalue weighted by Crippen LogP contribution is 2.21. The first-order valence-electron chi connectivity index (χ1n) is 9.75. The van der Waals surface area contributed by atoms with Crippen LogP contribution in [0.1, 0.15) is 5.56 Å². The Morgan fingerprint density at radius 2 is 1.70 bits per heavy atom. The molecule has 3 aromatic heterocycles. The molecule has 0 radical (unpaired) electrons. The fourth-order valence-corrected chi connectivity index (χ4v) is 3.88. The van der Waals surface area contributed by atoms with Crippen molar-refractivity contribution in [3.8, 4) is 11.6 Å². The molecular formula is C24H19N3O3. The molecule has 0 aliphatic heterocycles. The van der Waals surface area contributed by atoms with E-state index in [2.05, 4.69) is 0 Å². The van der Waals surface area contributed by atoms with E-state index in [1.54, 1.807) is 39.7 Å². The zero-order valence-corrected chi connectivity index (χ0v) is 16.4. The molecule has 0 atom stereocenters. The van der Waals surface area contributed by atoms with Crippen LogP contribution >= 0.6 is 0 Å². The standard InChI is InChI=1S/C24H19N3O3/c1-26-18-11-6-5-10-17(18)21(28)20-23(26)25-22(19-12-7-15-30-19)27(24(20)29)14-13-16-8-3-2-4-9-16/h2-12,15H,13-14H2,1H3. The number of nitrogens with zero attached hydrogens (tertiary/aromatic N) is 3. The second-order valence-electron chi connectivity index (χ2n) is 7.21. The van der Waals surface area contributed by atoms with Gasteiger partial charge in [-0.1, -0.05) is 42.5 Å². The number of aryl methyl sites for hydroxylation is 2. The van der Waals surface area contributed by atoms with E-state index in [0.29, 0.717) is 35.6 Å². The quantitative estimate of drug-likeness (QED) is 0.433. The lowest BCUT2D eigenvalue weighted by Crippen LogP contribution is -2.29. The van der Waals surface area contributed by atoms with E-state index < -0.39 is 0 Å². The Morgan fingerprint density at radius 3 is 2.47 bits per heavy atom. The predicted octanol–water partition coefficient (Wildman–Crippen LogP) is 3.75. The second-order valence-corrected chi connectivity index (χ2v) is 7.21. The van der Waals surface area contributed by atoms with E-state index in [1.165, 1.54) is 0 Å². The van der Waals surface area contributed by atoms with Crippen LogP contribution in [-0.4, -0.2) is 14.1 Å². The first kappa shape index (κ1) is 18.1. The van der Waals surface area contributed by atoms with Gasteiger partial charge in [-0.25, -0.2) is 4.98 Å². The average molecular weight is 397 g/mol. The highest BCUT2D eigenvalue weighted by molar-refractivity contribution is 5.91. The third-order valence-corrected chi connectivity index (χ3v) is 5.41. The van der Waals surface area contributed by atoms with Crippen molar-refractivity contribution < 1.29 is 4.42 Å². The van der Waals surface area contributed by atoms with Crippen LogP contribution in [0.5, 0.6) is 0 Å². The fraction of sp³-hybridized carbons (Fsp3) is 0.125. The molecule has 6 heteroatoms. The van der Waals surface area contributed by atoms with Crippen LogP contribution in [0.25, 0.3) is 33.5 Å². The van der Waals surface area contributed by atoms with Crippen molar-refractivity contribution >= 4 is 21.9 Å². The van der Waals surface area contributed by atoms with Crippen molar-refractivity contribution in [2.24, 2.45) is 7.05 Å². The molecule has 0 aliphatic rings. The Hall–Kier alpha value is -3.93. The maximum Gasteiger partial charge on any atom is 0.267 e. The normalized spacial score (nSPS) is 11.4. The predicted molar refractivity (Wildman–Crippen MR) is 117 cm³/mol. The molecule has 6 nitrogen and oxygen atoms in total. The summed E-state index contributed by atoms with van der Waals surface area (Å²) < 4.78 is 8.90. The van der Waals surface area contributed by atoms with Crippen molar-refractivity contribution in [3.05, 3.63) is 99.1 Å². The van der Waals surface area contributed by atoms with Crippen LogP contribution in [0.15, 0.2) is 87.0 Å². The number of hydrogen-bond acceptors (Lipinski definition) is 4. The van der Waals surface area contributed by atoms with Crippen molar-refractivity contribution in [2.45, 2.75) is 13.0 Å². The van der Waals surface area contributed by atoms with E-state index >= 15 is 0 Å². The number of rotatable bonds is 4. The maximum atomic E-state index is 13.6. The summed E-state index contributed by atoms with van der Waals surface area (Å²) in [6.45, 7) is 0.387. The molecule has 0 spiro atoms. The topological polar surface area (TPSA) is 70.0 Å². The summed E-state index contributed by atoms with van der Waals surface area (Å²) in [5, 5.41) is 0.603. The van der Waals surface area contributed by atoms with E-state index in [4.69, 9.17) is 9.40 Å². The van der Waals surface area contributed by atoms with Crippen LogP contribution < -0.4 is 11.0 Å². The van der Waals surface area contributed by atoms with Crippen molar-refractivity contribution in [3.63, 3.8) is 0 Å². The number of pyridine rings is 1. The number of aromatic nitrogens is 3. The lowest BCUT2D eigenvalue weighted by molar-refractivity contribution is 0.562. The van der Waals surface area contributed by atoms with Gasteiger partial charge in [-0.05, 0) is 36.2 Å². The second kappa shape index (κ2) is 7.15. The molecule has 30 heavy (non-hydrogen) atoms. The van der Waals surface area contributed by atoms with Gasteiger partial charge in [-0.3, -0.25) is 14.2 Å². The largest absolute Gasteiger partial charge is 0.461 e. The van der Waals surface area contributed by atoms with Gasteiger partial charge >= 0.3 is 0 Å². The van der Waals surface area contributed by atoms with Crippen molar-refractivity contribution in [1.29, 1.82) is 0 Å². The van der Waals surface area contributed by atoms with Gasteiger partial charge in [0.05, 0.1) is 11.8 Å². The van der Waals surface area contributed by atoms with Gasteiger partial charge in [0.25, 0.3) is 5.56 Å². The molecule has 0 saturated heterocycles. The summed E-state index contributed by atoms with van der Waals surface area (Å²) in [6, 6.07) is 20.7. The number of fused-ring (bicyclic) bond motifs is 2. The molecule has 3 heterocycles. The lowest BCUT2D eigenvalue weighted by Gasteiger charge is -2.15. The van der Waals surface area contributed by atoms with Gasteiger partial charge < -0.3 is 8.98 Å². The molecule has 0 saturated carbocycles. The maximum absolute atomic E-state index is 13.6. The minimum Gasteiger partial charge on any atom is -0.461 e. The summed E-state index contributed by atoms with van der Waals surface area (Å²) in [5.41, 5.74) is 1.53. The Balaban J connectivity index is 1.81. The molecule has 0 N–H and O–H groups in total. The fourth-order valence-electron chi connectivity index (χ4n) is 3.88. The monoisotopic (exact) mass is 397 g/mol. The molecule has 0 fully saturated rings. The number of para-hydroxylation sites is 1. The van der Waals surface area contributed by atoms with Gasteiger partial charge in [-0.2, -0.15) is 0 Å². The first-order chi connectivity index (χ1) is 14.6.